The van der Waals surface area contributed by atoms with Gasteiger partial charge in [0.15, 0.2) is 0 Å². The van der Waals surface area contributed by atoms with Gasteiger partial charge in [0.05, 0.1) is 22.6 Å². The highest BCUT2D eigenvalue weighted by atomic mass is 19.3. The van der Waals surface area contributed by atoms with Crippen molar-refractivity contribution >= 4 is 11.9 Å². The molecular weight excluding hydrogens is 499 g/mol. The number of carbonyl (C=O) groups is 1. The Kier molecular flexibility index (Phi) is 6.43. The summed E-state index contributed by atoms with van der Waals surface area (Å²) >= 11 is 0. The maximum Gasteiger partial charge on any atom is 0.315 e. The van der Waals surface area contributed by atoms with E-state index < -0.39 is 29.3 Å². The Morgan fingerprint density at radius 2 is 1.79 bits per heavy atom. The number of carboxylic acids is 1. The monoisotopic (exact) mass is 521 g/mol. The predicted octanol–water partition coefficient (Wildman–Crippen LogP) is 5.26. The van der Waals surface area contributed by atoms with Gasteiger partial charge in [0.2, 0.25) is 11.8 Å². The maximum atomic E-state index is 13.6. The highest BCUT2D eigenvalue weighted by Gasteiger charge is 2.53. The van der Waals surface area contributed by atoms with Crippen LogP contribution >= 0.6 is 0 Å². The zero-order valence-electron chi connectivity index (χ0n) is 20.2. The lowest BCUT2D eigenvalue weighted by molar-refractivity contribution is -0.140. The zero-order valence-corrected chi connectivity index (χ0v) is 20.2. The third-order valence-corrected chi connectivity index (χ3v) is 6.31. The highest BCUT2D eigenvalue weighted by Crippen LogP contribution is 2.47. The van der Waals surface area contributed by atoms with Crippen LogP contribution in [0.3, 0.4) is 0 Å². The molecule has 1 fully saturated rings. The first kappa shape index (κ1) is 25.1. The van der Waals surface area contributed by atoms with Crippen molar-refractivity contribution in [1.29, 1.82) is 0 Å². The largest absolute Gasteiger partial charge is 0.481 e. The summed E-state index contributed by atoms with van der Waals surface area (Å²) in [5.74, 6) is -1.54. The molecule has 0 amide bonds. The number of alkyl halides is 2. The third kappa shape index (κ3) is 4.86. The van der Waals surface area contributed by atoms with Crippen LogP contribution in [0, 0.1) is 12.7 Å². The molecule has 0 bridgehead atoms. The lowest BCUT2D eigenvalue weighted by Crippen LogP contribution is -2.21. The third-order valence-electron chi connectivity index (χ3n) is 6.31. The molecule has 3 N–H and O–H groups in total. The number of nitrogen functional groups attached to an aromatic ring is 1. The van der Waals surface area contributed by atoms with Gasteiger partial charge in [-0.05, 0) is 73.9 Å². The fourth-order valence-electron chi connectivity index (χ4n) is 4.26. The first-order valence-corrected chi connectivity index (χ1v) is 11.7. The number of anilines is 1. The number of halogens is 3. The Labute approximate surface area is 215 Å². The van der Waals surface area contributed by atoms with Gasteiger partial charge in [0.1, 0.15) is 23.5 Å². The van der Waals surface area contributed by atoms with Crippen molar-refractivity contribution in [2.24, 2.45) is 0 Å². The second-order valence-corrected chi connectivity index (χ2v) is 9.03. The number of hydrogen-bond acceptors (Lipinski definition) is 7. The summed E-state index contributed by atoms with van der Waals surface area (Å²) in [5.41, 5.74) is 7.06. The maximum absolute atomic E-state index is 13.6. The van der Waals surface area contributed by atoms with Crippen molar-refractivity contribution in [2.75, 3.05) is 5.73 Å². The quantitative estimate of drug-likeness (QED) is 0.322. The first-order chi connectivity index (χ1) is 18.2. The van der Waals surface area contributed by atoms with Crippen LogP contribution in [-0.4, -0.2) is 31.0 Å². The molecule has 0 radical (unpaired) electrons. The molecule has 0 spiro atoms. The highest BCUT2D eigenvalue weighted by molar-refractivity contribution is 5.85. The van der Waals surface area contributed by atoms with Gasteiger partial charge < -0.3 is 15.6 Å². The topological polar surface area (TPSA) is 124 Å². The molecule has 0 atom stereocenters. The van der Waals surface area contributed by atoms with Crippen LogP contribution in [0.1, 0.15) is 42.0 Å². The molecule has 0 aliphatic heterocycles. The van der Waals surface area contributed by atoms with Crippen molar-refractivity contribution in [3.8, 4) is 28.3 Å². The molecule has 1 aliphatic rings. The van der Waals surface area contributed by atoms with Gasteiger partial charge in [-0.3, -0.25) is 14.8 Å². The van der Waals surface area contributed by atoms with Gasteiger partial charge >= 0.3 is 5.97 Å². The standard InChI is InChI=1S/C27H22F3N5O3/c1-14-11-16(12-19(32-14)23(29)30)21-22(15-5-7-17(28)8-6-15)34-26(31)35-24(21)38-13-18-3-2-4-20(33-18)27(9-10-27)25(36)37/h2-8,11-12,23H,9-10,13H2,1H3,(H,36,37)(H2,31,34,35). The molecule has 3 heterocycles. The van der Waals surface area contributed by atoms with Crippen LogP contribution in [0.5, 0.6) is 5.88 Å². The van der Waals surface area contributed by atoms with Crippen molar-refractivity contribution in [3.63, 3.8) is 0 Å². The molecule has 5 rings (SSSR count). The van der Waals surface area contributed by atoms with Gasteiger partial charge in [-0.2, -0.15) is 4.98 Å². The number of nitrogens with zero attached hydrogens (tertiary/aromatic N) is 4. The average molecular weight is 521 g/mol. The molecule has 11 heteroatoms. The number of ether oxygens (including phenoxy) is 1. The summed E-state index contributed by atoms with van der Waals surface area (Å²) in [7, 11) is 0. The molecule has 8 nitrogen and oxygen atoms in total. The number of aliphatic carboxylic acids is 1. The lowest BCUT2D eigenvalue weighted by Gasteiger charge is -2.17. The van der Waals surface area contributed by atoms with E-state index in [0.717, 1.165) is 0 Å². The molecule has 38 heavy (non-hydrogen) atoms. The van der Waals surface area contributed by atoms with Gasteiger partial charge in [0, 0.05) is 11.3 Å². The molecule has 194 valence electrons. The first-order valence-electron chi connectivity index (χ1n) is 11.7. The zero-order chi connectivity index (χ0) is 27.0. The van der Waals surface area contributed by atoms with Crippen molar-refractivity contribution in [3.05, 3.63) is 83.2 Å². The summed E-state index contributed by atoms with van der Waals surface area (Å²) in [4.78, 5) is 28.7. The van der Waals surface area contributed by atoms with E-state index in [1.807, 2.05) is 0 Å². The van der Waals surface area contributed by atoms with E-state index in [2.05, 4.69) is 19.9 Å². The van der Waals surface area contributed by atoms with E-state index in [-0.39, 0.29) is 29.7 Å². The lowest BCUT2D eigenvalue weighted by atomic mass is 9.99. The minimum Gasteiger partial charge on any atom is -0.481 e. The summed E-state index contributed by atoms with van der Waals surface area (Å²) in [6.07, 6.45) is -1.82. The smallest absolute Gasteiger partial charge is 0.315 e. The van der Waals surface area contributed by atoms with E-state index in [4.69, 9.17) is 10.5 Å². The van der Waals surface area contributed by atoms with E-state index in [9.17, 15) is 23.1 Å². The van der Waals surface area contributed by atoms with Crippen LogP contribution in [-0.2, 0) is 16.8 Å². The molecule has 0 unspecified atom stereocenters. The molecule has 1 saturated carbocycles. The molecule has 0 saturated heterocycles. The summed E-state index contributed by atoms with van der Waals surface area (Å²) < 4.78 is 46.9. The minimum atomic E-state index is -2.82. The number of aryl methyl sites for hydroxylation is 1. The fourth-order valence-corrected chi connectivity index (χ4v) is 4.26. The number of aromatic nitrogens is 4. The molecule has 4 aromatic rings. The van der Waals surface area contributed by atoms with Gasteiger partial charge in [0.25, 0.3) is 6.43 Å². The summed E-state index contributed by atoms with van der Waals surface area (Å²) in [6.45, 7) is 1.47. The summed E-state index contributed by atoms with van der Waals surface area (Å²) in [6, 6.07) is 13.3. The molecule has 1 aromatic carbocycles. The van der Waals surface area contributed by atoms with Crippen LogP contribution in [0.4, 0.5) is 19.1 Å². The molecule has 3 aromatic heterocycles. The van der Waals surface area contributed by atoms with Gasteiger partial charge in [-0.15, -0.1) is 0 Å². The number of pyridine rings is 2. The number of benzene rings is 1. The average Bonchev–Trinajstić information content (AvgIpc) is 3.70. The Balaban J connectivity index is 1.59. The number of carboxylic acid groups (broad SMARTS) is 1. The molecule has 1 aliphatic carbocycles. The van der Waals surface area contributed by atoms with E-state index in [0.29, 0.717) is 41.1 Å². The number of hydrogen-bond donors (Lipinski definition) is 2. The van der Waals surface area contributed by atoms with Crippen molar-refractivity contribution in [2.45, 2.75) is 38.2 Å². The molecular formula is C27H22F3N5O3. The number of rotatable bonds is 8. The minimum absolute atomic E-state index is 0.00536. The van der Waals surface area contributed by atoms with Crippen LogP contribution in [0.2, 0.25) is 0 Å². The van der Waals surface area contributed by atoms with Crippen molar-refractivity contribution < 1.29 is 27.8 Å². The van der Waals surface area contributed by atoms with Crippen LogP contribution < -0.4 is 10.5 Å². The Morgan fingerprint density at radius 1 is 1.05 bits per heavy atom. The Morgan fingerprint density at radius 3 is 2.45 bits per heavy atom. The second kappa shape index (κ2) is 9.73. The van der Waals surface area contributed by atoms with Crippen LogP contribution in [0.25, 0.3) is 22.4 Å². The van der Waals surface area contributed by atoms with E-state index in [1.165, 1.54) is 30.3 Å². The fraction of sp³-hybridized carbons (Fsp3) is 0.222. The second-order valence-electron chi connectivity index (χ2n) is 9.03. The SMILES string of the molecule is Cc1cc(-c2c(OCc3cccc(C4(C(=O)O)CC4)n3)nc(N)nc2-c2ccc(F)cc2)cc(C(F)F)n1. The summed E-state index contributed by atoms with van der Waals surface area (Å²) in [5, 5.41) is 9.60. The van der Waals surface area contributed by atoms with Crippen LogP contribution in [0.15, 0.2) is 54.6 Å². The van der Waals surface area contributed by atoms with Crippen molar-refractivity contribution in [1.82, 2.24) is 19.9 Å². The van der Waals surface area contributed by atoms with Gasteiger partial charge in [-0.25, -0.2) is 18.2 Å². The number of nitrogens with two attached hydrogens (primary N) is 1. The Hall–Kier alpha value is -4.54. The normalized spacial score (nSPS) is 13.9. The van der Waals surface area contributed by atoms with Gasteiger partial charge in [-0.1, -0.05) is 6.07 Å². The van der Waals surface area contributed by atoms with E-state index in [1.54, 1.807) is 31.2 Å². The van der Waals surface area contributed by atoms with E-state index >= 15 is 0 Å². The Bertz CT molecular complexity index is 1530. The predicted molar refractivity (Wildman–Crippen MR) is 132 cm³/mol.